The number of hydrogen-bond acceptors (Lipinski definition) is 8. The van der Waals surface area contributed by atoms with Crippen LogP contribution >= 0.6 is 11.8 Å². The normalized spacial score (nSPS) is 10.5. The van der Waals surface area contributed by atoms with Gasteiger partial charge >= 0.3 is 0 Å². The van der Waals surface area contributed by atoms with E-state index in [9.17, 15) is 9.59 Å². The molecular weight excluding hydrogens is 406 g/mol. The number of methoxy groups -OCH3 is 2. The van der Waals surface area contributed by atoms with Crippen molar-refractivity contribution in [1.82, 2.24) is 9.97 Å². The molecule has 0 saturated carbocycles. The van der Waals surface area contributed by atoms with Gasteiger partial charge < -0.3 is 19.2 Å². The van der Waals surface area contributed by atoms with Gasteiger partial charge in [-0.3, -0.25) is 9.59 Å². The van der Waals surface area contributed by atoms with Crippen molar-refractivity contribution >= 4 is 29.1 Å². The number of ether oxygens (including phenoxy) is 2. The van der Waals surface area contributed by atoms with E-state index in [-0.39, 0.29) is 17.4 Å². The number of carbonyl (C=O) groups is 2. The van der Waals surface area contributed by atoms with Crippen molar-refractivity contribution in [2.45, 2.75) is 18.9 Å². The van der Waals surface area contributed by atoms with Gasteiger partial charge in [-0.05, 0) is 26.0 Å². The van der Waals surface area contributed by atoms with E-state index < -0.39 is 0 Å². The van der Waals surface area contributed by atoms with Gasteiger partial charge in [0, 0.05) is 23.9 Å². The van der Waals surface area contributed by atoms with E-state index in [1.165, 1.54) is 27.4 Å². The third-order valence-corrected chi connectivity index (χ3v) is 5.10. The van der Waals surface area contributed by atoms with Crippen molar-refractivity contribution in [2.24, 2.45) is 0 Å². The summed E-state index contributed by atoms with van der Waals surface area (Å²) in [6.07, 6.45) is 1.52. The molecule has 0 aliphatic heterocycles. The Kier molecular flexibility index (Phi) is 6.73. The molecule has 156 valence electrons. The van der Waals surface area contributed by atoms with Gasteiger partial charge in [0.1, 0.15) is 16.5 Å². The lowest BCUT2D eigenvalue weighted by Gasteiger charge is -2.11. The number of nitrogens with zero attached hydrogens (tertiary/aromatic N) is 2. The number of benzene rings is 1. The highest BCUT2D eigenvalue weighted by molar-refractivity contribution is 8.00. The number of Topliss-reactive ketones (excluding diaryl/α,β-unsaturated/α-hetero) is 1. The average molecular weight is 427 g/mol. The zero-order valence-corrected chi connectivity index (χ0v) is 17.8. The number of furan rings is 1. The molecular formula is C21H21N3O5S. The molecule has 0 aliphatic carbocycles. The van der Waals surface area contributed by atoms with Gasteiger partial charge in [0.05, 0.1) is 37.5 Å². The SMILES string of the molecule is COc1cc(NC(=O)CSc2nc(-c3ccco3)nc(C)c2C(C)=O)cc(OC)c1. The standard InChI is InChI=1S/C21H21N3O5S/c1-12-19(13(2)25)21(24-20(22-12)17-6-5-7-29-17)30-11-18(26)23-14-8-15(27-3)10-16(9-14)28-4/h5-10H,11H2,1-4H3,(H,23,26). The molecule has 1 amide bonds. The summed E-state index contributed by atoms with van der Waals surface area (Å²) in [5.74, 6) is 1.59. The smallest absolute Gasteiger partial charge is 0.234 e. The zero-order chi connectivity index (χ0) is 21.7. The monoisotopic (exact) mass is 427 g/mol. The van der Waals surface area contributed by atoms with Crippen LogP contribution in [0.25, 0.3) is 11.6 Å². The lowest BCUT2D eigenvalue weighted by atomic mass is 10.2. The number of aromatic nitrogens is 2. The molecule has 2 heterocycles. The molecule has 30 heavy (non-hydrogen) atoms. The molecule has 1 N–H and O–H groups in total. The summed E-state index contributed by atoms with van der Waals surface area (Å²) in [4.78, 5) is 33.4. The van der Waals surface area contributed by atoms with E-state index in [2.05, 4.69) is 15.3 Å². The van der Waals surface area contributed by atoms with Crippen molar-refractivity contribution < 1.29 is 23.5 Å². The Morgan fingerprint density at radius 1 is 1.13 bits per heavy atom. The summed E-state index contributed by atoms with van der Waals surface area (Å²) in [5, 5.41) is 3.23. The number of ketones is 1. The number of thioether (sulfide) groups is 1. The number of rotatable bonds is 8. The lowest BCUT2D eigenvalue weighted by molar-refractivity contribution is -0.113. The third kappa shape index (κ3) is 4.98. The van der Waals surface area contributed by atoms with Gasteiger partial charge in [-0.15, -0.1) is 0 Å². The Labute approximate surface area is 178 Å². The lowest BCUT2D eigenvalue weighted by Crippen LogP contribution is -2.15. The minimum atomic E-state index is -0.263. The number of aryl methyl sites for hydroxylation is 1. The fourth-order valence-corrected chi connectivity index (χ4v) is 3.71. The second kappa shape index (κ2) is 9.45. The average Bonchev–Trinajstić information content (AvgIpc) is 3.26. The van der Waals surface area contributed by atoms with Crippen LogP contribution in [0.4, 0.5) is 5.69 Å². The molecule has 0 unspecified atom stereocenters. The van der Waals surface area contributed by atoms with Gasteiger partial charge in [-0.25, -0.2) is 9.97 Å². The van der Waals surface area contributed by atoms with Crippen molar-refractivity contribution in [1.29, 1.82) is 0 Å². The molecule has 3 rings (SSSR count). The van der Waals surface area contributed by atoms with Crippen LogP contribution in [0.1, 0.15) is 23.0 Å². The van der Waals surface area contributed by atoms with E-state index in [4.69, 9.17) is 13.9 Å². The van der Waals surface area contributed by atoms with Gasteiger partial charge in [-0.2, -0.15) is 0 Å². The summed E-state index contributed by atoms with van der Waals surface area (Å²) in [7, 11) is 3.07. The zero-order valence-electron chi connectivity index (χ0n) is 17.0. The number of carbonyl (C=O) groups excluding carboxylic acids is 2. The van der Waals surface area contributed by atoms with Crippen LogP contribution in [0.3, 0.4) is 0 Å². The number of amides is 1. The molecule has 0 radical (unpaired) electrons. The van der Waals surface area contributed by atoms with Crippen LogP contribution in [-0.4, -0.2) is 41.6 Å². The molecule has 0 bridgehead atoms. The summed E-state index contributed by atoms with van der Waals surface area (Å²) >= 11 is 1.16. The first-order chi connectivity index (χ1) is 14.4. The molecule has 0 aliphatic rings. The van der Waals surface area contributed by atoms with E-state index in [0.717, 1.165) is 11.8 Å². The molecule has 3 aromatic rings. The molecule has 0 saturated heterocycles. The van der Waals surface area contributed by atoms with E-state index in [1.54, 1.807) is 37.3 Å². The van der Waals surface area contributed by atoms with Crippen LogP contribution < -0.4 is 14.8 Å². The van der Waals surface area contributed by atoms with Gasteiger partial charge in [0.15, 0.2) is 17.4 Å². The van der Waals surface area contributed by atoms with Crippen molar-refractivity contribution in [3.8, 4) is 23.1 Å². The van der Waals surface area contributed by atoms with Crippen molar-refractivity contribution in [3.05, 3.63) is 47.9 Å². The van der Waals surface area contributed by atoms with Gasteiger partial charge in [0.25, 0.3) is 0 Å². The molecule has 9 heteroatoms. The van der Waals surface area contributed by atoms with Gasteiger partial charge in [0.2, 0.25) is 5.91 Å². The minimum Gasteiger partial charge on any atom is -0.497 e. The Balaban J connectivity index is 1.79. The highest BCUT2D eigenvalue weighted by Crippen LogP contribution is 2.28. The number of nitrogens with one attached hydrogen (secondary N) is 1. The molecule has 2 aromatic heterocycles. The molecule has 0 fully saturated rings. The van der Waals surface area contributed by atoms with Crippen LogP contribution in [0.2, 0.25) is 0 Å². The second-order valence-corrected chi connectivity index (χ2v) is 7.25. The maximum atomic E-state index is 12.5. The van der Waals surface area contributed by atoms with Crippen LogP contribution in [0, 0.1) is 6.92 Å². The predicted molar refractivity (Wildman–Crippen MR) is 113 cm³/mol. The van der Waals surface area contributed by atoms with Crippen LogP contribution in [0.5, 0.6) is 11.5 Å². The first kappa shape index (κ1) is 21.4. The van der Waals surface area contributed by atoms with Crippen molar-refractivity contribution in [2.75, 3.05) is 25.3 Å². The maximum Gasteiger partial charge on any atom is 0.234 e. The second-order valence-electron chi connectivity index (χ2n) is 6.28. The largest absolute Gasteiger partial charge is 0.497 e. The highest BCUT2D eigenvalue weighted by Gasteiger charge is 2.19. The molecule has 0 spiro atoms. The number of hydrogen-bond donors (Lipinski definition) is 1. The van der Waals surface area contributed by atoms with E-state index >= 15 is 0 Å². The van der Waals surface area contributed by atoms with Crippen LogP contribution in [0.15, 0.2) is 46.0 Å². The maximum absolute atomic E-state index is 12.5. The quantitative estimate of drug-likeness (QED) is 0.327. The number of anilines is 1. The highest BCUT2D eigenvalue weighted by atomic mass is 32.2. The molecule has 8 nitrogen and oxygen atoms in total. The summed E-state index contributed by atoms with van der Waals surface area (Å²) < 4.78 is 15.8. The minimum absolute atomic E-state index is 0.0495. The predicted octanol–water partition coefficient (Wildman–Crippen LogP) is 4.00. The first-order valence-corrected chi connectivity index (χ1v) is 9.99. The molecule has 0 atom stereocenters. The third-order valence-electron chi connectivity index (χ3n) is 4.13. The Bertz CT molecular complexity index is 1040. The Hall–Kier alpha value is -3.33. The summed E-state index contributed by atoms with van der Waals surface area (Å²) in [6, 6.07) is 8.56. The summed E-state index contributed by atoms with van der Waals surface area (Å²) in [6.45, 7) is 3.18. The van der Waals surface area contributed by atoms with E-state index in [1.807, 2.05) is 0 Å². The fourth-order valence-electron chi connectivity index (χ4n) is 2.78. The first-order valence-electron chi connectivity index (χ1n) is 9.00. The Morgan fingerprint density at radius 2 is 1.83 bits per heavy atom. The summed E-state index contributed by atoms with van der Waals surface area (Å²) in [5.41, 5.74) is 1.47. The topological polar surface area (TPSA) is 104 Å². The van der Waals surface area contributed by atoms with Crippen LogP contribution in [-0.2, 0) is 4.79 Å². The Morgan fingerprint density at radius 3 is 2.40 bits per heavy atom. The van der Waals surface area contributed by atoms with Crippen molar-refractivity contribution in [3.63, 3.8) is 0 Å². The van der Waals surface area contributed by atoms with Gasteiger partial charge in [-0.1, -0.05) is 11.8 Å². The van der Waals surface area contributed by atoms with E-state index in [0.29, 0.717) is 45.1 Å². The fraction of sp³-hybridized carbons (Fsp3) is 0.238. The molecule has 1 aromatic carbocycles.